The molecule has 0 radical (unpaired) electrons. The van der Waals surface area contributed by atoms with Crippen molar-refractivity contribution in [1.82, 2.24) is 10.6 Å². The van der Waals surface area contributed by atoms with E-state index in [2.05, 4.69) is 10.6 Å². The Morgan fingerprint density at radius 3 is 2.74 bits per heavy atom. The van der Waals surface area contributed by atoms with Gasteiger partial charge in [0.05, 0.1) is 12.5 Å². The van der Waals surface area contributed by atoms with E-state index in [4.69, 9.17) is 5.11 Å². The Morgan fingerprint density at radius 1 is 1.37 bits per heavy atom. The molecular weight excluding hydrogens is 264 g/mol. The summed E-state index contributed by atoms with van der Waals surface area (Å²) < 4.78 is 0. The molecule has 1 amide bonds. The Bertz CT molecular complexity index is 473. The summed E-state index contributed by atoms with van der Waals surface area (Å²) in [5.74, 6) is 0.679. The van der Waals surface area contributed by atoms with Crippen molar-refractivity contribution in [3.05, 3.63) is 35.4 Å². The molecule has 6 heteroatoms. The molecule has 1 unspecified atom stereocenters. The third-order valence-electron chi connectivity index (χ3n) is 2.95. The molecule has 1 atom stereocenters. The number of carbonyl (C=O) groups is 2. The Morgan fingerprint density at radius 2 is 2.11 bits per heavy atom. The lowest BCUT2D eigenvalue weighted by Crippen LogP contribution is -2.41. The fourth-order valence-electron chi connectivity index (χ4n) is 1.93. The number of hydrogen-bond acceptors (Lipinski definition) is 4. The lowest BCUT2D eigenvalue weighted by atomic mass is 10.0. The highest BCUT2D eigenvalue weighted by Gasteiger charge is 2.22. The van der Waals surface area contributed by atoms with Crippen molar-refractivity contribution in [2.75, 3.05) is 11.6 Å². The van der Waals surface area contributed by atoms with Gasteiger partial charge in [0.2, 0.25) is 5.91 Å². The fraction of sp³-hybridized carbons (Fsp3) is 0.385. The van der Waals surface area contributed by atoms with Crippen molar-refractivity contribution in [2.24, 2.45) is 0 Å². The summed E-state index contributed by atoms with van der Waals surface area (Å²) in [5, 5.41) is 14.8. The Balaban J connectivity index is 1.94. The third kappa shape index (κ3) is 3.97. The number of amides is 1. The third-order valence-corrected chi connectivity index (χ3v) is 3.89. The average molecular weight is 280 g/mol. The molecule has 0 aliphatic carbocycles. The zero-order valence-corrected chi connectivity index (χ0v) is 11.2. The van der Waals surface area contributed by atoms with Crippen LogP contribution >= 0.6 is 11.8 Å². The van der Waals surface area contributed by atoms with E-state index in [-0.39, 0.29) is 18.4 Å². The normalized spacial score (nSPS) is 18.2. The van der Waals surface area contributed by atoms with Crippen LogP contribution < -0.4 is 10.6 Å². The molecule has 1 aliphatic rings. The average Bonchev–Trinajstić information content (AvgIpc) is 2.90. The van der Waals surface area contributed by atoms with E-state index >= 15 is 0 Å². The molecule has 1 aliphatic heterocycles. The van der Waals surface area contributed by atoms with Crippen LogP contribution in [-0.2, 0) is 22.6 Å². The summed E-state index contributed by atoms with van der Waals surface area (Å²) in [6.45, 7) is 0.366. The van der Waals surface area contributed by atoms with Gasteiger partial charge in [-0.15, -0.1) is 11.8 Å². The largest absolute Gasteiger partial charge is 0.481 e. The number of carbonyl (C=O) groups excluding carboxylic acids is 1. The van der Waals surface area contributed by atoms with Crippen molar-refractivity contribution in [2.45, 2.75) is 19.0 Å². The van der Waals surface area contributed by atoms with Crippen LogP contribution in [0.25, 0.3) is 0 Å². The molecule has 3 N–H and O–H groups in total. The van der Waals surface area contributed by atoms with Gasteiger partial charge in [-0.05, 0) is 11.1 Å². The molecule has 2 rings (SSSR count). The van der Waals surface area contributed by atoms with Gasteiger partial charge < -0.3 is 10.4 Å². The first-order chi connectivity index (χ1) is 9.16. The van der Waals surface area contributed by atoms with Gasteiger partial charge >= 0.3 is 5.97 Å². The quantitative estimate of drug-likeness (QED) is 0.736. The summed E-state index contributed by atoms with van der Waals surface area (Å²) in [6.07, 6.45) is -0.0242. The lowest BCUT2D eigenvalue weighted by molar-refractivity contribution is -0.136. The van der Waals surface area contributed by atoms with Gasteiger partial charge in [0.1, 0.15) is 0 Å². The Labute approximate surface area is 115 Å². The molecule has 5 nitrogen and oxygen atoms in total. The van der Waals surface area contributed by atoms with Crippen LogP contribution in [0.3, 0.4) is 0 Å². The number of aliphatic carboxylic acids is 1. The summed E-state index contributed by atoms with van der Waals surface area (Å²) in [6, 6.07) is 7.13. The molecule has 0 spiro atoms. The minimum absolute atomic E-state index is 0.0242. The second-order valence-corrected chi connectivity index (χ2v) is 5.36. The van der Waals surface area contributed by atoms with Gasteiger partial charge in [-0.2, -0.15) is 0 Å². The van der Waals surface area contributed by atoms with Crippen molar-refractivity contribution < 1.29 is 14.7 Å². The van der Waals surface area contributed by atoms with Gasteiger partial charge in [-0.25, -0.2) is 0 Å². The molecule has 0 bridgehead atoms. The van der Waals surface area contributed by atoms with E-state index in [1.54, 1.807) is 23.9 Å². The van der Waals surface area contributed by atoms with Crippen LogP contribution in [0.2, 0.25) is 0 Å². The fourth-order valence-corrected chi connectivity index (χ4v) is 2.88. The first-order valence-corrected chi connectivity index (χ1v) is 7.19. The summed E-state index contributed by atoms with van der Waals surface area (Å²) in [7, 11) is 0. The maximum absolute atomic E-state index is 11.8. The van der Waals surface area contributed by atoms with E-state index in [0.717, 1.165) is 22.8 Å². The molecular formula is C13H16N2O3S. The number of thioether (sulfide) groups is 1. The van der Waals surface area contributed by atoms with Gasteiger partial charge in [0.15, 0.2) is 0 Å². The Kier molecular flexibility index (Phi) is 4.81. The second kappa shape index (κ2) is 6.58. The molecule has 1 fully saturated rings. The number of carboxylic acid groups (broad SMARTS) is 1. The number of benzene rings is 1. The molecule has 1 heterocycles. The van der Waals surface area contributed by atoms with Crippen molar-refractivity contribution >= 4 is 23.6 Å². The monoisotopic (exact) mass is 280 g/mol. The highest BCUT2D eigenvalue weighted by molar-refractivity contribution is 7.99. The smallest absolute Gasteiger partial charge is 0.307 e. The van der Waals surface area contributed by atoms with Crippen LogP contribution in [0.4, 0.5) is 0 Å². The second-order valence-electron chi connectivity index (χ2n) is 4.33. The van der Waals surface area contributed by atoms with Crippen LogP contribution in [0.1, 0.15) is 11.1 Å². The summed E-state index contributed by atoms with van der Waals surface area (Å²) in [5.41, 5.74) is 1.59. The molecule has 0 aromatic heterocycles. The predicted molar refractivity (Wildman–Crippen MR) is 73.9 cm³/mol. The SMILES string of the molecule is O=C(O)Cc1ccccc1CNC(=O)C1CSCN1. The number of carboxylic acids is 1. The topological polar surface area (TPSA) is 78.4 Å². The van der Waals surface area contributed by atoms with Crippen molar-refractivity contribution in [3.8, 4) is 0 Å². The van der Waals surface area contributed by atoms with E-state index in [1.165, 1.54) is 0 Å². The lowest BCUT2D eigenvalue weighted by Gasteiger charge is -2.12. The molecule has 1 aromatic rings. The van der Waals surface area contributed by atoms with E-state index in [1.807, 2.05) is 12.1 Å². The first-order valence-electron chi connectivity index (χ1n) is 6.04. The first kappa shape index (κ1) is 13.9. The highest BCUT2D eigenvalue weighted by atomic mass is 32.2. The minimum atomic E-state index is -0.868. The number of nitrogens with one attached hydrogen (secondary N) is 2. The van der Waals surface area contributed by atoms with Gasteiger partial charge in [0, 0.05) is 18.2 Å². The zero-order valence-electron chi connectivity index (χ0n) is 10.4. The molecule has 0 saturated carbocycles. The highest BCUT2D eigenvalue weighted by Crippen LogP contribution is 2.11. The molecule has 102 valence electrons. The van der Waals surface area contributed by atoms with Crippen LogP contribution in [0.15, 0.2) is 24.3 Å². The predicted octanol–water partition coefficient (Wildman–Crippen LogP) is 0.592. The summed E-state index contributed by atoms with van der Waals surface area (Å²) >= 11 is 1.69. The van der Waals surface area contributed by atoms with E-state index in [0.29, 0.717) is 6.54 Å². The van der Waals surface area contributed by atoms with E-state index < -0.39 is 5.97 Å². The molecule has 1 saturated heterocycles. The van der Waals surface area contributed by atoms with Crippen LogP contribution in [-0.4, -0.2) is 34.7 Å². The zero-order chi connectivity index (χ0) is 13.7. The number of hydrogen-bond donors (Lipinski definition) is 3. The maximum Gasteiger partial charge on any atom is 0.307 e. The van der Waals surface area contributed by atoms with E-state index in [9.17, 15) is 9.59 Å². The van der Waals surface area contributed by atoms with Crippen LogP contribution in [0.5, 0.6) is 0 Å². The minimum Gasteiger partial charge on any atom is -0.481 e. The molecule has 19 heavy (non-hydrogen) atoms. The molecule has 1 aromatic carbocycles. The van der Waals surface area contributed by atoms with Gasteiger partial charge in [0.25, 0.3) is 0 Å². The van der Waals surface area contributed by atoms with Gasteiger partial charge in [-0.1, -0.05) is 24.3 Å². The van der Waals surface area contributed by atoms with Crippen molar-refractivity contribution in [1.29, 1.82) is 0 Å². The summed E-state index contributed by atoms with van der Waals surface area (Å²) in [4.78, 5) is 22.6. The van der Waals surface area contributed by atoms with Gasteiger partial charge in [-0.3, -0.25) is 14.9 Å². The number of rotatable bonds is 5. The van der Waals surface area contributed by atoms with Crippen molar-refractivity contribution in [3.63, 3.8) is 0 Å². The Hall–Kier alpha value is -1.53. The maximum atomic E-state index is 11.8. The van der Waals surface area contributed by atoms with Crippen LogP contribution in [0, 0.1) is 0 Å². The standard InChI is InChI=1S/C13H16N2O3S/c16-12(17)5-9-3-1-2-4-10(9)6-14-13(18)11-7-19-8-15-11/h1-4,11,15H,5-8H2,(H,14,18)(H,16,17).